The first-order chi connectivity index (χ1) is 13.2. The van der Waals surface area contributed by atoms with Crippen LogP contribution >= 0.6 is 0 Å². The van der Waals surface area contributed by atoms with E-state index in [2.05, 4.69) is 26.6 Å². The molecule has 0 bridgehead atoms. The van der Waals surface area contributed by atoms with Crippen LogP contribution in [-0.2, 0) is 13.0 Å². The molecule has 27 heavy (non-hydrogen) atoms. The van der Waals surface area contributed by atoms with Crippen molar-refractivity contribution in [3.63, 3.8) is 0 Å². The van der Waals surface area contributed by atoms with Crippen molar-refractivity contribution in [3.05, 3.63) is 41.6 Å². The van der Waals surface area contributed by atoms with Crippen LogP contribution in [0.3, 0.4) is 0 Å². The van der Waals surface area contributed by atoms with Gasteiger partial charge in [-0.25, -0.2) is 9.78 Å². The first-order valence-corrected chi connectivity index (χ1v) is 9.18. The molecule has 4 rings (SSSR count). The number of benzene rings is 1. The van der Waals surface area contributed by atoms with E-state index in [1.807, 2.05) is 18.2 Å². The Balaban J connectivity index is 1.44. The zero-order valence-corrected chi connectivity index (χ0v) is 15.6. The second-order valence-corrected chi connectivity index (χ2v) is 6.93. The van der Waals surface area contributed by atoms with Gasteiger partial charge in [0.1, 0.15) is 5.82 Å². The molecule has 0 spiro atoms. The van der Waals surface area contributed by atoms with Crippen molar-refractivity contribution >= 4 is 17.5 Å². The third kappa shape index (κ3) is 3.92. The summed E-state index contributed by atoms with van der Waals surface area (Å²) >= 11 is 0. The number of nitrogens with zero attached hydrogens (tertiary/aromatic N) is 2. The van der Waals surface area contributed by atoms with Crippen LogP contribution < -0.4 is 25.0 Å². The zero-order chi connectivity index (χ0) is 18.8. The van der Waals surface area contributed by atoms with E-state index in [4.69, 9.17) is 9.47 Å². The van der Waals surface area contributed by atoms with E-state index < -0.39 is 0 Å². The first-order valence-electron chi connectivity index (χ1n) is 9.18. The van der Waals surface area contributed by atoms with Crippen molar-refractivity contribution in [1.29, 1.82) is 0 Å². The van der Waals surface area contributed by atoms with Crippen molar-refractivity contribution in [3.8, 4) is 11.5 Å². The van der Waals surface area contributed by atoms with Crippen LogP contribution in [0.2, 0.25) is 0 Å². The Kier molecular flexibility index (Phi) is 4.75. The number of ether oxygens (including phenoxy) is 2. The van der Waals surface area contributed by atoms with Crippen molar-refractivity contribution < 1.29 is 14.3 Å². The Morgan fingerprint density at radius 1 is 1.15 bits per heavy atom. The molecule has 2 heterocycles. The smallest absolute Gasteiger partial charge is 0.319 e. The Morgan fingerprint density at radius 3 is 2.52 bits per heavy atom. The minimum Gasteiger partial charge on any atom is -0.493 e. The number of urea groups is 1. The molecule has 0 radical (unpaired) electrons. The van der Waals surface area contributed by atoms with Gasteiger partial charge in [0.2, 0.25) is 0 Å². The molecule has 1 aromatic carbocycles. The number of amides is 2. The Labute approximate surface area is 158 Å². The van der Waals surface area contributed by atoms with E-state index in [1.165, 1.54) is 11.1 Å². The zero-order valence-electron chi connectivity index (χ0n) is 15.6. The lowest BCUT2D eigenvalue weighted by molar-refractivity contribution is 0.251. The number of anilines is 2. The van der Waals surface area contributed by atoms with Crippen LogP contribution in [0.4, 0.5) is 16.3 Å². The van der Waals surface area contributed by atoms with Gasteiger partial charge in [-0.15, -0.1) is 0 Å². The van der Waals surface area contributed by atoms with Gasteiger partial charge in [0, 0.05) is 19.1 Å². The molecule has 7 heteroatoms. The summed E-state index contributed by atoms with van der Waals surface area (Å²) < 4.78 is 10.8. The molecule has 2 amide bonds. The van der Waals surface area contributed by atoms with Gasteiger partial charge in [-0.2, -0.15) is 0 Å². The molecule has 2 aromatic rings. The third-order valence-electron chi connectivity index (χ3n) is 4.96. The van der Waals surface area contributed by atoms with E-state index >= 15 is 0 Å². The lowest BCUT2D eigenvalue weighted by Gasteiger charge is -2.30. The summed E-state index contributed by atoms with van der Waals surface area (Å²) in [4.78, 5) is 18.6. The lowest BCUT2D eigenvalue weighted by Crippen LogP contribution is -2.31. The number of hydrogen-bond donors (Lipinski definition) is 2. The number of hydrogen-bond acceptors (Lipinski definition) is 5. The molecule has 1 saturated carbocycles. The fourth-order valence-corrected chi connectivity index (χ4v) is 3.31. The Hall–Kier alpha value is -2.96. The van der Waals surface area contributed by atoms with E-state index in [9.17, 15) is 4.79 Å². The third-order valence-corrected chi connectivity index (χ3v) is 4.96. The van der Waals surface area contributed by atoms with Crippen LogP contribution in [0.1, 0.15) is 24.0 Å². The van der Waals surface area contributed by atoms with Gasteiger partial charge in [-0.1, -0.05) is 0 Å². The summed E-state index contributed by atoms with van der Waals surface area (Å²) in [6.45, 7) is 1.64. The summed E-state index contributed by atoms with van der Waals surface area (Å²) in [5.74, 6) is 2.40. The standard InChI is InChI=1S/C20H24N4O3/c1-26-17-9-13-7-8-24(12-14(13)10-18(17)27-2)19-6-5-16(11-21-19)23-20(25)22-15-3-4-15/h5-6,9-11,15H,3-4,7-8,12H2,1-2H3,(H2,22,23,25). The number of nitrogens with one attached hydrogen (secondary N) is 2. The largest absolute Gasteiger partial charge is 0.493 e. The molecular formula is C20H24N4O3. The molecule has 2 N–H and O–H groups in total. The Bertz CT molecular complexity index is 834. The van der Waals surface area contributed by atoms with Gasteiger partial charge >= 0.3 is 6.03 Å². The summed E-state index contributed by atoms with van der Waals surface area (Å²) in [6, 6.07) is 8.10. The molecule has 1 fully saturated rings. The number of rotatable bonds is 5. The predicted octanol–water partition coefficient (Wildman–Crippen LogP) is 2.95. The van der Waals surface area contributed by atoms with Gasteiger partial charge in [0.05, 0.1) is 26.1 Å². The highest BCUT2D eigenvalue weighted by Crippen LogP contribution is 2.34. The average Bonchev–Trinajstić information content (AvgIpc) is 3.50. The summed E-state index contributed by atoms with van der Waals surface area (Å²) in [7, 11) is 3.31. The minimum absolute atomic E-state index is 0.167. The summed E-state index contributed by atoms with van der Waals surface area (Å²) in [6.07, 6.45) is 4.75. The second kappa shape index (κ2) is 7.34. The van der Waals surface area contributed by atoms with Gasteiger partial charge in [0.25, 0.3) is 0 Å². The fraction of sp³-hybridized carbons (Fsp3) is 0.400. The molecule has 2 aliphatic rings. The van der Waals surface area contributed by atoms with Crippen LogP contribution in [0.5, 0.6) is 11.5 Å². The molecule has 0 atom stereocenters. The molecule has 142 valence electrons. The highest BCUT2D eigenvalue weighted by Gasteiger charge is 2.23. The maximum absolute atomic E-state index is 11.8. The highest BCUT2D eigenvalue weighted by atomic mass is 16.5. The number of fused-ring (bicyclic) bond motifs is 1. The van der Waals surface area contributed by atoms with E-state index in [1.54, 1.807) is 20.4 Å². The molecule has 1 aliphatic carbocycles. The molecule has 7 nitrogen and oxygen atoms in total. The number of aromatic nitrogens is 1. The van der Waals surface area contributed by atoms with E-state index in [-0.39, 0.29) is 6.03 Å². The van der Waals surface area contributed by atoms with Gasteiger partial charge in [0.15, 0.2) is 11.5 Å². The average molecular weight is 368 g/mol. The van der Waals surface area contributed by atoms with Crippen LogP contribution in [0, 0.1) is 0 Å². The van der Waals surface area contributed by atoms with Crippen LogP contribution in [0.15, 0.2) is 30.5 Å². The number of carbonyl (C=O) groups is 1. The summed E-state index contributed by atoms with van der Waals surface area (Å²) in [5.41, 5.74) is 3.19. The topological polar surface area (TPSA) is 75.7 Å². The van der Waals surface area contributed by atoms with Gasteiger partial charge < -0.3 is 25.0 Å². The predicted molar refractivity (Wildman–Crippen MR) is 104 cm³/mol. The highest BCUT2D eigenvalue weighted by molar-refractivity contribution is 5.89. The molecule has 1 aliphatic heterocycles. The number of pyridine rings is 1. The SMILES string of the molecule is COc1cc2c(cc1OC)CN(c1ccc(NC(=O)NC3CC3)cn1)CC2. The molecule has 0 saturated heterocycles. The van der Waals surface area contributed by atoms with Crippen molar-refractivity contribution in [2.75, 3.05) is 31.0 Å². The van der Waals surface area contributed by atoms with Gasteiger partial charge in [-0.05, 0) is 54.7 Å². The maximum atomic E-state index is 11.8. The quantitative estimate of drug-likeness (QED) is 0.849. The molecular weight excluding hydrogens is 344 g/mol. The van der Waals surface area contributed by atoms with Crippen molar-refractivity contribution in [2.45, 2.75) is 31.8 Å². The maximum Gasteiger partial charge on any atom is 0.319 e. The molecule has 0 unspecified atom stereocenters. The van der Waals surface area contributed by atoms with Crippen molar-refractivity contribution in [2.24, 2.45) is 0 Å². The Morgan fingerprint density at radius 2 is 1.89 bits per heavy atom. The minimum atomic E-state index is -0.167. The summed E-state index contributed by atoms with van der Waals surface area (Å²) in [5, 5.41) is 5.73. The normalized spacial score (nSPS) is 15.7. The van der Waals surface area contributed by atoms with Gasteiger partial charge in [-0.3, -0.25) is 0 Å². The number of carbonyl (C=O) groups excluding carboxylic acids is 1. The monoisotopic (exact) mass is 368 g/mol. The van der Waals surface area contributed by atoms with Crippen LogP contribution in [-0.4, -0.2) is 37.8 Å². The van der Waals surface area contributed by atoms with Crippen LogP contribution in [0.25, 0.3) is 0 Å². The van der Waals surface area contributed by atoms with E-state index in [0.29, 0.717) is 11.7 Å². The fourth-order valence-electron chi connectivity index (χ4n) is 3.31. The van der Waals surface area contributed by atoms with E-state index in [0.717, 1.165) is 49.7 Å². The number of methoxy groups -OCH3 is 2. The first kappa shape index (κ1) is 17.5. The lowest BCUT2D eigenvalue weighted by atomic mass is 9.99. The second-order valence-electron chi connectivity index (χ2n) is 6.93. The molecule has 1 aromatic heterocycles. The van der Waals surface area contributed by atoms with Crippen molar-refractivity contribution in [1.82, 2.24) is 10.3 Å².